The summed E-state index contributed by atoms with van der Waals surface area (Å²) >= 11 is 11.7. The Morgan fingerprint density at radius 2 is 2.20 bits per heavy atom. The minimum absolute atomic E-state index is 0.199. The molecule has 0 aliphatic rings. The molecule has 6 heteroatoms. The van der Waals surface area contributed by atoms with Crippen LogP contribution in [0.25, 0.3) is 0 Å². The average Bonchev–Trinajstić information content (AvgIpc) is 2.24. The molecule has 0 N–H and O–H groups in total. The lowest BCUT2D eigenvalue weighted by Gasteiger charge is -2.22. The van der Waals surface area contributed by atoms with Gasteiger partial charge in [0.25, 0.3) is 0 Å². The molecule has 0 aromatic carbocycles. The van der Waals surface area contributed by atoms with E-state index in [1.165, 1.54) is 6.20 Å². The number of rotatable bonds is 5. The normalized spacial score (nSPS) is 10.4. The number of methoxy groups -OCH3 is 1. The van der Waals surface area contributed by atoms with E-state index in [4.69, 9.17) is 27.9 Å². The van der Waals surface area contributed by atoms with Crippen molar-refractivity contribution in [2.75, 3.05) is 31.7 Å². The summed E-state index contributed by atoms with van der Waals surface area (Å²) in [7, 11) is 1.66. The molecule has 15 heavy (non-hydrogen) atoms. The molecule has 0 saturated heterocycles. The highest BCUT2D eigenvalue weighted by atomic mass is 35.5. The van der Waals surface area contributed by atoms with Crippen LogP contribution in [-0.4, -0.2) is 36.8 Å². The number of anilines is 1. The number of likely N-dealkylation sites (N-methyl/N-ethyl adjacent to an activating group) is 1. The fourth-order valence-corrected chi connectivity index (χ4v) is 1.51. The number of hydrogen-bond acceptors (Lipinski definition) is 4. The topological polar surface area (TPSA) is 38.2 Å². The van der Waals surface area contributed by atoms with Gasteiger partial charge in [0.15, 0.2) is 5.82 Å². The van der Waals surface area contributed by atoms with Crippen molar-refractivity contribution in [3.63, 3.8) is 0 Å². The van der Waals surface area contributed by atoms with Gasteiger partial charge in [0.2, 0.25) is 5.28 Å². The van der Waals surface area contributed by atoms with Gasteiger partial charge in [-0.1, -0.05) is 11.6 Å². The van der Waals surface area contributed by atoms with E-state index >= 15 is 0 Å². The first-order chi connectivity index (χ1) is 7.19. The van der Waals surface area contributed by atoms with Crippen LogP contribution < -0.4 is 4.90 Å². The van der Waals surface area contributed by atoms with Crippen molar-refractivity contribution in [2.24, 2.45) is 0 Å². The molecule has 0 bridgehead atoms. The van der Waals surface area contributed by atoms with Gasteiger partial charge in [0, 0.05) is 20.2 Å². The zero-order valence-electron chi connectivity index (χ0n) is 8.70. The van der Waals surface area contributed by atoms with Crippen LogP contribution in [0, 0.1) is 0 Å². The lowest BCUT2D eigenvalue weighted by atomic mass is 10.4. The summed E-state index contributed by atoms with van der Waals surface area (Å²) < 4.78 is 5.00. The Bertz CT molecular complexity index is 322. The van der Waals surface area contributed by atoms with E-state index in [2.05, 4.69) is 9.97 Å². The van der Waals surface area contributed by atoms with Gasteiger partial charge < -0.3 is 9.64 Å². The number of nitrogens with zero attached hydrogens (tertiary/aromatic N) is 3. The van der Waals surface area contributed by atoms with Crippen LogP contribution in [0.2, 0.25) is 10.3 Å². The van der Waals surface area contributed by atoms with Gasteiger partial charge in [0.05, 0.1) is 12.8 Å². The average molecular weight is 250 g/mol. The first-order valence-corrected chi connectivity index (χ1v) is 5.36. The van der Waals surface area contributed by atoms with Crippen LogP contribution in [0.15, 0.2) is 6.20 Å². The summed E-state index contributed by atoms with van der Waals surface area (Å²) in [4.78, 5) is 9.88. The molecule has 0 saturated carbocycles. The van der Waals surface area contributed by atoms with E-state index in [9.17, 15) is 0 Å². The third-order valence-corrected chi connectivity index (χ3v) is 2.39. The second-order valence-electron chi connectivity index (χ2n) is 2.88. The molecule has 84 valence electrons. The van der Waals surface area contributed by atoms with Crippen molar-refractivity contribution >= 4 is 29.0 Å². The number of ether oxygens (including phenoxy) is 1. The van der Waals surface area contributed by atoms with Crippen molar-refractivity contribution < 1.29 is 4.74 Å². The maximum Gasteiger partial charge on any atom is 0.224 e. The molecule has 0 radical (unpaired) electrons. The SMILES string of the molecule is CCN(CCOC)c1nc(Cl)ncc1Cl. The molecule has 0 amide bonds. The Kier molecular flexibility index (Phi) is 5.08. The fourth-order valence-electron chi connectivity index (χ4n) is 1.17. The molecule has 1 aromatic rings. The van der Waals surface area contributed by atoms with Crippen molar-refractivity contribution in [1.29, 1.82) is 0 Å². The molecule has 0 atom stereocenters. The van der Waals surface area contributed by atoms with Gasteiger partial charge in [-0.2, -0.15) is 4.98 Å². The van der Waals surface area contributed by atoms with Crippen LogP contribution >= 0.6 is 23.2 Å². The highest BCUT2D eigenvalue weighted by Gasteiger charge is 2.11. The van der Waals surface area contributed by atoms with E-state index in [1.807, 2.05) is 11.8 Å². The predicted molar refractivity (Wildman–Crippen MR) is 61.8 cm³/mol. The standard InChI is InChI=1S/C9H13Cl2N3O/c1-3-14(4-5-15-2)8-7(10)6-12-9(11)13-8/h6H,3-5H2,1-2H3. The maximum atomic E-state index is 5.98. The molecule has 1 heterocycles. The van der Waals surface area contributed by atoms with Crippen molar-refractivity contribution in [3.8, 4) is 0 Å². The Hall–Kier alpha value is -0.580. The van der Waals surface area contributed by atoms with Crippen molar-refractivity contribution in [3.05, 3.63) is 16.5 Å². The predicted octanol–water partition coefficient (Wildman–Crippen LogP) is 2.26. The molecule has 4 nitrogen and oxygen atoms in total. The smallest absolute Gasteiger partial charge is 0.224 e. The molecular formula is C9H13Cl2N3O. The van der Waals surface area contributed by atoms with Crippen molar-refractivity contribution in [2.45, 2.75) is 6.92 Å². The van der Waals surface area contributed by atoms with Gasteiger partial charge in [0.1, 0.15) is 5.02 Å². The summed E-state index contributed by atoms with van der Waals surface area (Å²) in [5.41, 5.74) is 0. The monoisotopic (exact) mass is 249 g/mol. The quantitative estimate of drug-likeness (QED) is 0.751. The minimum Gasteiger partial charge on any atom is -0.383 e. The van der Waals surface area contributed by atoms with Gasteiger partial charge in [-0.15, -0.1) is 0 Å². The molecule has 0 aliphatic carbocycles. The third kappa shape index (κ3) is 3.48. The van der Waals surface area contributed by atoms with Crippen LogP contribution in [0.3, 0.4) is 0 Å². The molecule has 0 aliphatic heterocycles. The van der Waals surface area contributed by atoms with Gasteiger partial charge in [-0.25, -0.2) is 4.98 Å². The number of halogens is 2. The molecular weight excluding hydrogens is 237 g/mol. The van der Waals surface area contributed by atoms with Gasteiger partial charge in [-0.05, 0) is 18.5 Å². The summed E-state index contributed by atoms with van der Waals surface area (Å²) in [5.74, 6) is 0.649. The van der Waals surface area contributed by atoms with E-state index in [-0.39, 0.29) is 5.28 Å². The first-order valence-electron chi connectivity index (χ1n) is 4.61. The second kappa shape index (κ2) is 6.10. The zero-order valence-corrected chi connectivity index (χ0v) is 10.2. The number of hydrogen-bond donors (Lipinski definition) is 0. The number of aromatic nitrogens is 2. The van der Waals surface area contributed by atoms with E-state index in [1.54, 1.807) is 7.11 Å². The second-order valence-corrected chi connectivity index (χ2v) is 3.63. The minimum atomic E-state index is 0.199. The lowest BCUT2D eigenvalue weighted by molar-refractivity contribution is 0.205. The summed E-state index contributed by atoms with van der Waals surface area (Å²) in [6, 6.07) is 0. The highest BCUT2D eigenvalue weighted by molar-refractivity contribution is 6.33. The fraction of sp³-hybridized carbons (Fsp3) is 0.556. The molecule has 0 unspecified atom stereocenters. The van der Waals surface area contributed by atoms with E-state index in [0.717, 1.165) is 13.1 Å². The Morgan fingerprint density at radius 1 is 1.47 bits per heavy atom. The largest absolute Gasteiger partial charge is 0.383 e. The van der Waals surface area contributed by atoms with Gasteiger partial charge >= 0.3 is 0 Å². The van der Waals surface area contributed by atoms with Crippen LogP contribution in [0.5, 0.6) is 0 Å². The molecule has 1 aromatic heterocycles. The van der Waals surface area contributed by atoms with Crippen LogP contribution in [-0.2, 0) is 4.74 Å². The summed E-state index contributed by atoms with van der Waals surface area (Å²) in [6.07, 6.45) is 1.50. The molecule has 0 spiro atoms. The van der Waals surface area contributed by atoms with E-state index in [0.29, 0.717) is 17.4 Å². The van der Waals surface area contributed by atoms with Crippen molar-refractivity contribution in [1.82, 2.24) is 9.97 Å². The van der Waals surface area contributed by atoms with Crippen LogP contribution in [0.1, 0.15) is 6.92 Å². The Labute approximate surface area is 99.2 Å². The van der Waals surface area contributed by atoms with Gasteiger partial charge in [-0.3, -0.25) is 0 Å². The highest BCUT2D eigenvalue weighted by Crippen LogP contribution is 2.23. The molecule has 1 rings (SSSR count). The van der Waals surface area contributed by atoms with E-state index < -0.39 is 0 Å². The Balaban J connectivity index is 2.85. The summed E-state index contributed by atoms with van der Waals surface area (Å²) in [5, 5.41) is 0.697. The van der Waals surface area contributed by atoms with Crippen LogP contribution in [0.4, 0.5) is 5.82 Å². The first kappa shape index (κ1) is 12.5. The zero-order chi connectivity index (χ0) is 11.3. The molecule has 0 fully saturated rings. The maximum absolute atomic E-state index is 5.98. The Morgan fingerprint density at radius 3 is 2.80 bits per heavy atom. The third-order valence-electron chi connectivity index (χ3n) is 1.94. The lowest BCUT2D eigenvalue weighted by Crippen LogP contribution is -2.28. The summed E-state index contributed by atoms with van der Waals surface area (Å²) in [6.45, 7) is 4.14.